The predicted molar refractivity (Wildman–Crippen MR) is 47.1 cm³/mol. The van der Waals surface area contributed by atoms with Crippen molar-refractivity contribution in [3.05, 3.63) is 17.7 Å². The lowest BCUT2D eigenvalue weighted by Gasteiger charge is -2.09. The maximum atomic E-state index is 12.2. The Hall–Kier alpha value is -1.24. The highest BCUT2D eigenvalue weighted by atomic mass is 19.4. The minimum Gasteiger partial charge on any atom is -0.317 e. The van der Waals surface area contributed by atoms with Gasteiger partial charge in [0.2, 0.25) is 0 Å². The van der Waals surface area contributed by atoms with Crippen molar-refractivity contribution in [1.82, 2.24) is 20.5 Å². The molecule has 0 radical (unpaired) electrons. The number of hydrogen-bond donors (Lipinski definition) is 1. The van der Waals surface area contributed by atoms with Crippen molar-refractivity contribution in [2.24, 2.45) is 0 Å². The van der Waals surface area contributed by atoms with Gasteiger partial charge >= 0.3 is 6.18 Å². The fraction of sp³-hybridized carbons (Fsp3) is 0.625. The van der Waals surface area contributed by atoms with Gasteiger partial charge in [0, 0.05) is 12.5 Å². The van der Waals surface area contributed by atoms with E-state index in [1.165, 1.54) is 0 Å². The van der Waals surface area contributed by atoms with E-state index in [2.05, 4.69) is 20.5 Å². The van der Waals surface area contributed by atoms with Crippen LogP contribution in [0.4, 0.5) is 13.2 Å². The molecule has 0 spiro atoms. The number of halogens is 3. The van der Waals surface area contributed by atoms with Crippen molar-refractivity contribution >= 4 is 0 Å². The number of likely N-dealkylation sites (N-methyl/N-ethyl adjacent to an activating group) is 1. The zero-order valence-corrected chi connectivity index (χ0v) is 8.34. The molecule has 1 rings (SSSR count). The van der Waals surface area contributed by atoms with E-state index in [-0.39, 0.29) is 11.9 Å². The van der Waals surface area contributed by atoms with Gasteiger partial charge in [0.1, 0.15) is 0 Å². The molecule has 84 valence electrons. The van der Waals surface area contributed by atoms with Crippen molar-refractivity contribution in [3.63, 3.8) is 0 Å². The van der Waals surface area contributed by atoms with Crippen molar-refractivity contribution < 1.29 is 13.2 Å². The van der Waals surface area contributed by atoms with Crippen LogP contribution in [-0.4, -0.2) is 28.3 Å². The molecule has 1 heterocycles. The first-order chi connectivity index (χ1) is 6.93. The van der Waals surface area contributed by atoms with Crippen molar-refractivity contribution in [2.45, 2.75) is 25.6 Å². The minimum absolute atomic E-state index is 0.00952. The molecule has 1 aromatic heterocycles. The lowest BCUT2D eigenvalue weighted by Crippen LogP contribution is -2.25. The fourth-order valence-electron chi connectivity index (χ4n) is 0.939. The van der Waals surface area contributed by atoms with Crippen LogP contribution in [0, 0.1) is 0 Å². The molecule has 0 aromatic carbocycles. The Morgan fingerprint density at radius 2 is 2.13 bits per heavy atom. The number of alkyl halides is 3. The highest BCUT2D eigenvalue weighted by Gasteiger charge is 2.33. The van der Waals surface area contributed by atoms with E-state index in [0.717, 1.165) is 0 Å². The summed E-state index contributed by atoms with van der Waals surface area (Å²) in [6, 6.07) is 0.00952. The quantitative estimate of drug-likeness (QED) is 0.826. The third-order valence-corrected chi connectivity index (χ3v) is 1.87. The zero-order chi connectivity index (χ0) is 11.5. The third-order valence-electron chi connectivity index (χ3n) is 1.87. The molecule has 0 aliphatic rings. The average molecular weight is 220 g/mol. The van der Waals surface area contributed by atoms with Gasteiger partial charge in [0.05, 0.1) is 6.20 Å². The van der Waals surface area contributed by atoms with Crippen LogP contribution in [0.5, 0.6) is 0 Å². The van der Waals surface area contributed by atoms with Gasteiger partial charge in [-0.2, -0.15) is 18.3 Å². The maximum Gasteiger partial charge on any atom is 0.435 e. The summed E-state index contributed by atoms with van der Waals surface area (Å²) >= 11 is 0. The summed E-state index contributed by atoms with van der Waals surface area (Å²) in [4.78, 5) is 3.39. The normalized spacial score (nSPS) is 13.9. The molecule has 0 aliphatic carbocycles. The Morgan fingerprint density at radius 1 is 1.47 bits per heavy atom. The summed E-state index contributed by atoms with van der Waals surface area (Å²) in [5.74, 6) is 0.0895. The number of rotatable bonds is 3. The van der Waals surface area contributed by atoms with E-state index < -0.39 is 11.9 Å². The third kappa shape index (κ3) is 3.43. The van der Waals surface area contributed by atoms with Crippen molar-refractivity contribution in [3.8, 4) is 0 Å². The Bertz CT molecular complexity index is 326. The number of aromatic nitrogens is 3. The summed E-state index contributed by atoms with van der Waals surface area (Å²) in [6.07, 6.45) is -3.53. The first-order valence-corrected chi connectivity index (χ1v) is 4.36. The van der Waals surface area contributed by atoms with Gasteiger partial charge in [-0.15, -0.1) is 5.10 Å². The molecule has 1 aromatic rings. The van der Waals surface area contributed by atoms with Crippen molar-refractivity contribution in [2.75, 3.05) is 7.05 Å². The van der Waals surface area contributed by atoms with Crippen LogP contribution < -0.4 is 5.32 Å². The van der Waals surface area contributed by atoms with Gasteiger partial charge in [0.15, 0.2) is 11.5 Å². The standard InChI is InChI=1S/C8H11F3N4/c1-5(12-2)3-7-14-6(4-13-15-7)8(9,10)11/h4-5,12H,3H2,1-2H3. The van der Waals surface area contributed by atoms with Gasteiger partial charge in [-0.3, -0.25) is 0 Å². The topological polar surface area (TPSA) is 50.7 Å². The molecule has 7 heteroatoms. The molecule has 4 nitrogen and oxygen atoms in total. The van der Waals surface area contributed by atoms with Gasteiger partial charge in [-0.1, -0.05) is 0 Å². The highest BCUT2D eigenvalue weighted by molar-refractivity contribution is 5.01. The molecule has 0 aliphatic heterocycles. The largest absolute Gasteiger partial charge is 0.435 e. The molecular weight excluding hydrogens is 209 g/mol. The second kappa shape index (κ2) is 4.52. The van der Waals surface area contributed by atoms with E-state index in [9.17, 15) is 13.2 Å². The number of nitrogens with zero attached hydrogens (tertiary/aromatic N) is 3. The molecule has 1 atom stereocenters. The van der Waals surface area contributed by atoms with Crippen LogP contribution in [0.1, 0.15) is 18.4 Å². The highest BCUT2D eigenvalue weighted by Crippen LogP contribution is 2.26. The molecule has 1 N–H and O–H groups in total. The predicted octanol–water partition coefficient (Wildman–Crippen LogP) is 1.04. The lowest BCUT2D eigenvalue weighted by atomic mass is 10.2. The minimum atomic E-state index is -4.46. The summed E-state index contributed by atoms with van der Waals surface area (Å²) in [7, 11) is 1.71. The molecule has 15 heavy (non-hydrogen) atoms. The van der Waals surface area contributed by atoms with Crippen LogP contribution in [0.25, 0.3) is 0 Å². The van der Waals surface area contributed by atoms with E-state index in [0.29, 0.717) is 12.6 Å². The van der Waals surface area contributed by atoms with Crippen LogP contribution in [0.15, 0.2) is 6.20 Å². The van der Waals surface area contributed by atoms with E-state index in [1.54, 1.807) is 7.05 Å². The molecular formula is C8H11F3N4. The summed E-state index contributed by atoms with van der Waals surface area (Å²) < 4.78 is 36.7. The van der Waals surface area contributed by atoms with Crippen LogP contribution in [0.2, 0.25) is 0 Å². The second-order valence-electron chi connectivity index (χ2n) is 3.15. The number of hydrogen-bond acceptors (Lipinski definition) is 4. The molecule has 0 amide bonds. The van der Waals surface area contributed by atoms with Crippen LogP contribution in [-0.2, 0) is 12.6 Å². The summed E-state index contributed by atoms with van der Waals surface area (Å²) in [5.41, 5.74) is -1.00. The summed E-state index contributed by atoms with van der Waals surface area (Å²) in [6.45, 7) is 1.82. The molecule has 0 fully saturated rings. The smallest absolute Gasteiger partial charge is 0.317 e. The molecule has 0 saturated carbocycles. The van der Waals surface area contributed by atoms with Crippen LogP contribution in [0.3, 0.4) is 0 Å². The molecule has 1 unspecified atom stereocenters. The van der Waals surface area contributed by atoms with Gasteiger partial charge in [-0.25, -0.2) is 4.98 Å². The summed E-state index contributed by atoms with van der Waals surface area (Å²) in [5, 5.41) is 9.70. The van der Waals surface area contributed by atoms with Gasteiger partial charge < -0.3 is 5.32 Å². The first kappa shape index (κ1) is 11.8. The first-order valence-electron chi connectivity index (χ1n) is 4.36. The van der Waals surface area contributed by atoms with Crippen LogP contribution >= 0.6 is 0 Å². The molecule has 0 bridgehead atoms. The fourth-order valence-corrected chi connectivity index (χ4v) is 0.939. The Kier molecular flexibility index (Phi) is 3.57. The maximum absolute atomic E-state index is 12.2. The van der Waals surface area contributed by atoms with Gasteiger partial charge in [-0.05, 0) is 14.0 Å². The Morgan fingerprint density at radius 3 is 2.67 bits per heavy atom. The second-order valence-corrected chi connectivity index (χ2v) is 3.15. The van der Waals surface area contributed by atoms with Gasteiger partial charge in [0.25, 0.3) is 0 Å². The Balaban J connectivity index is 2.84. The lowest BCUT2D eigenvalue weighted by molar-refractivity contribution is -0.141. The van der Waals surface area contributed by atoms with E-state index >= 15 is 0 Å². The van der Waals surface area contributed by atoms with E-state index in [1.807, 2.05) is 6.92 Å². The number of nitrogens with one attached hydrogen (secondary N) is 1. The van der Waals surface area contributed by atoms with Crippen molar-refractivity contribution in [1.29, 1.82) is 0 Å². The van der Waals surface area contributed by atoms with E-state index in [4.69, 9.17) is 0 Å². The Labute approximate surface area is 84.9 Å². The SMILES string of the molecule is CNC(C)Cc1nncc(C(F)(F)F)n1. The zero-order valence-electron chi connectivity index (χ0n) is 8.34. The molecule has 0 saturated heterocycles. The average Bonchev–Trinajstić information content (AvgIpc) is 2.17. The monoisotopic (exact) mass is 220 g/mol.